The van der Waals surface area contributed by atoms with E-state index in [0.717, 1.165) is 6.07 Å². The third-order valence-corrected chi connectivity index (χ3v) is 2.97. The Balaban J connectivity index is 1.94. The predicted molar refractivity (Wildman–Crippen MR) is 84.0 cm³/mol. The molecule has 0 atom stereocenters. The predicted octanol–water partition coefficient (Wildman–Crippen LogP) is 2.31. The fraction of sp³-hybridized carbons (Fsp3) is 0.0588. The third kappa shape index (κ3) is 4.41. The lowest BCUT2D eigenvalue weighted by molar-refractivity contribution is -0.117. The van der Waals surface area contributed by atoms with Crippen molar-refractivity contribution in [1.82, 2.24) is 10.9 Å². The molecule has 0 aliphatic heterocycles. The smallest absolute Gasteiger partial charge is 0.272 e. The van der Waals surface area contributed by atoms with E-state index < -0.39 is 17.6 Å². The molecule has 0 aromatic heterocycles. The lowest BCUT2D eigenvalue weighted by Gasteiger charge is -2.06. The summed E-state index contributed by atoms with van der Waals surface area (Å²) < 4.78 is 18.6. The molecule has 0 heterocycles. The molecule has 0 saturated carbocycles. The van der Waals surface area contributed by atoms with Gasteiger partial charge in [-0.15, -0.1) is 0 Å². The fourth-order valence-electron chi connectivity index (χ4n) is 1.84. The van der Waals surface area contributed by atoms with Crippen molar-refractivity contribution < 1.29 is 18.7 Å². The van der Waals surface area contributed by atoms with Crippen LogP contribution in [0, 0.1) is 5.82 Å². The van der Waals surface area contributed by atoms with Crippen molar-refractivity contribution >= 4 is 17.9 Å². The van der Waals surface area contributed by atoms with Crippen LogP contribution in [0.2, 0.25) is 0 Å². The van der Waals surface area contributed by atoms with Crippen LogP contribution >= 0.6 is 0 Å². The Labute approximate surface area is 132 Å². The SMILES string of the molecule is COc1ccccc1/C=C/C(=O)NNC(=O)c1ccccc1F. The van der Waals surface area contributed by atoms with Crippen molar-refractivity contribution in [1.29, 1.82) is 0 Å². The fourth-order valence-corrected chi connectivity index (χ4v) is 1.84. The number of hydrogen-bond donors (Lipinski definition) is 2. The Morgan fingerprint density at radius 3 is 2.48 bits per heavy atom. The monoisotopic (exact) mass is 314 g/mol. The van der Waals surface area contributed by atoms with Gasteiger partial charge in [-0.1, -0.05) is 30.3 Å². The molecule has 0 saturated heterocycles. The summed E-state index contributed by atoms with van der Waals surface area (Å²) in [6.07, 6.45) is 2.78. The van der Waals surface area contributed by atoms with E-state index in [0.29, 0.717) is 11.3 Å². The highest BCUT2D eigenvalue weighted by Crippen LogP contribution is 2.18. The van der Waals surface area contributed by atoms with Gasteiger partial charge < -0.3 is 4.74 Å². The first-order chi connectivity index (χ1) is 11.1. The molecule has 2 rings (SSSR count). The summed E-state index contributed by atoms with van der Waals surface area (Å²) in [5, 5.41) is 0. The van der Waals surface area contributed by atoms with E-state index in [9.17, 15) is 14.0 Å². The molecule has 5 nitrogen and oxygen atoms in total. The van der Waals surface area contributed by atoms with E-state index in [-0.39, 0.29) is 5.56 Å². The maximum atomic E-state index is 13.4. The highest BCUT2D eigenvalue weighted by Gasteiger charge is 2.10. The van der Waals surface area contributed by atoms with Crippen LogP contribution in [0.15, 0.2) is 54.6 Å². The van der Waals surface area contributed by atoms with Gasteiger partial charge in [-0.25, -0.2) is 4.39 Å². The standard InChI is InChI=1S/C17H15FN2O3/c1-23-15-9-5-2-6-12(15)10-11-16(21)19-20-17(22)13-7-3-4-8-14(13)18/h2-11H,1H3,(H,19,21)(H,20,22)/b11-10+. The molecule has 0 aliphatic carbocycles. The number of rotatable bonds is 4. The summed E-state index contributed by atoms with van der Waals surface area (Å²) in [7, 11) is 1.53. The van der Waals surface area contributed by atoms with Gasteiger partial charge in [0.25, 0.3) is 11.8 Å². The Bertz CT molecular complexity index is 744. The first-order valence-electron chi connectivity index (χ1n) is 6.77. The largest absolute Gasteiger partial charge is 0.496 e. The van der Waals surface area contributed by atoms with Gasteiger partial charge in [0.15, 0.2) is 0 Å². The maximum absolute atomic E-state index is 13.4. The van der Waals surface area contributed by atoms with Crippen molar-refractivity contribution in [2.24, 2.45) is 0 Å². The summed E-state index contributed by atoms with van der Waals surface area (Å²) in [6.45, 7) is 0. The van der Waals surface area contributed by atoms with Gasteiger partial charge in [-0.3, -0.25) is 20.4 Å². The van der Waals surface area contributed by atoms with E-state index in [1.54, 1.807) is 24.3 Å². The molecule has 2 amide bonds. The Hall–Kier alpha value is -3.15. The lowest BCUT2D eigenvalue weighted by atomic mass is 10.2. The molecule has 0 spiro atoms. The topological polar surface area (TPSA) is 67.4 Å². The Morgan fingerprint density at radius 1 is 1.04 bits per heavy atom. The Kier molecular flexibility index (Phi) is 5.46. The summed E-state index contributed by atoms with van der Waals surface area (Å²) in [4.78, 5) is 23.4. The number of hydrazine groups is 1. The summed E-state index contributed by atoms with van der Waals surface area (Å²) in [6, 6.07) is 12.6. The molecule has 2 N–H and O–H groups in total. The molecule has 118 valence electrons. The summed E-state index contributed by atoms with van der Waals surface area (Å²) >= 11 is 0. The Morgan fingerprint density at radius 2 is 1.74 bits per heavy atom. The maximum Gasteiger partial charge on any atom is 0.272 e. The number of hydrogen-bond acceptors (Lipinski definition) is 3. The molecule has 0 aliphatic rings. The number of nitrogens with one attached hydrogen (secondary N) is 2. The highest BCUT2D eigenvalue weighted by atomic mass is 19.1. The van der Waals surface area contributed by atoms with Crippen LogP contribution in [0.5, 0.6) is 5.75 Å². The van der Waals surface area contributed by atoms with Gasteiger partial charge in [-0.2, -0.15) is 0 Å². The number of carbonyl (C=O) groups is 2. The number of amides is 2. The zero-order valence-electron chi connectivity index (χ0n) is 12.4. The van der Waals surface area contributed by atoms with Gasteiger partial charge >= 0.3 is 0 Å². The number of para-hydroxylation sites is 1. The van der Waals surface area contributed by atoms with E-state index >= 15 is 0 Å². The summed E-state index contributed by atoms with van der Waals surface area (Å²) in [5.41, 5.74) is 4.89. The molecule has 0 radical (unpaired) electrons. The minimum absolute atomic E-state index is 0.151. The second-order valence-corrected chi connectivity index (χ2v) is 4.50. The van der Waals surface area contributed by atoms with Crippen molar-refractivity contribution in [2.75, 3.05) is 7.11 Å². The van der Waals surface area contributed by atoms with Crippen molar-refractivity contribution in [2.45, 2.75) is 0 Å². The van der Waals surface area contributed by atoms with E-state index in [4.69, 9.17) is 4.74 Å². The molecule has 0 bridgehead atoms. The van der Waals surface area contributed by atoms with E-state index in [1.807, 2.05) is 6.07 Å². The van der Waals surface area contributed by atoms with Gasteiger partial charge in [0, 0.05) is 11.6 Å². The van der Waals surface area contributed by atoms with Crippen molar-refractivity contribution in [3.8, 4) is 5.75 Å². The van der Waals surface area contributed by atoms with Gasteiger partial charge in [0.05, 0.1) is 12.7 Å². The zero-order chi connectivity index (χ0) is 16.7. The first kappa shape index (κ1) is 16.2. The van der Waals surface area contributed by atoms with E-state index in [2.05, 4.69) is 10.9 Å². The highest BCUT2D eigenvalue weighted by molar-refractivity contribution is 5.98. The molecule has 0 fully saturated rings. The minimum Gasteiger partial charge on any atom is -0.496 e. The van der Waals surface area contributed by atoms with Crippen LogP contribution in [0.1, 0.15) is 15.9 Å². The second-order valence-electron chi connectivity index (χ2n) is 4.50. The molecule has 23 heavy (non-hydrogen) atoms. The van der Waals surface area contributed by atoms with Crippen LogP contribution in [-0.2, 0) is 4.79 Å². The van der Waals surface area contributed by atoms with Crippen LogP contribution in [0.25, 0.3) is 6.08 Å². The van der Waals surface area contributed by atoms with Crippen molar-refractivity contribution in [3.05, 3.63) is 71.6 Å². The van der Waals surface area contributed by atoms with Crippen LogP contribution in [0.4, 0.5) is 4.39 Å². The van der Waals surface area contributed by atoms with Gasteiger partial charge in [0.2, 0.25) is 0 Å². The number of carbonyl (C=O) groups excluding carboxylic acids is 2. The molecule has 6 heteroatoms. The van der Waals surface area contributed by atoms with Crippen molar-refractivity contribution in [3.63, 3.8) is 0 Å². The number of ether oxygens (including phenoxy) is 1. The molecule has 0 unspecified atom stereocenters. The minimum atomic E-state index is -0.734. The van der Waals surface area contributed by atoms with Gasteiger partial charge in [0.1, 0.15) is 11.6 Å². The molecule has 2 aromatic carbocycles. The third-order valence-electron chi connectivity index (χ3n) is 2.97. The number of methoxy groups -OCH3 is 1. The number of benzene rings is 2. The van der Waals surface area contributed by atoms with Crippen LogP contribution in [0.3, 0.4) is 0 Å². The van der Waals surface area contributed by atoms with Crippen LogP contribution < -0.4 is 15.6 Å². The van der Waals surface area contributed by atoms with Gasteiger partial charge in [-0.05, 0) is 24.3 Å². The van der Waals surface area contributed by atoms with Crippen LogP contribution in [-0.4, -0.2) is 18.9 Å². The molecular weight excluding hydrogens is 299 g/mol. The molecule has 2 aromatic rings. The quantitative estimate of drug-likeness (QED) is 0.672. The zero-order valence-corrected chi connectivity index (χ0v) is 12.4. The molecular formula is C17H15FN2O3. The normalized spacial score (nSPS) is 10.3. The average molecular weight is 314 g/mol. The first-order valence-corrected chi connectivity index (χ1v) is 6.77. The number of halogens is 1. The second kappa shape index (κ2) is 7.74. The lowest BCUT2D eigenvalue weighted by Crippen LogP contribution is -2.41. The summed E-state index contributed by atoms with van der Waals surface area (Å²) in [5.74, 6) is -1.33. The average Bonchev–Trinajstić information content (AvgIpc) is 2.58. The van der Waals surface area contributed by atoms with E-state index in [1.165, 1.54) is 31.4 Å².